The quantitative estimate of drug-likeness (QED) is 0.269. The van der Waals surface area contributed by atoms with Crippen LogP contribution >= 0.6 is 23.1 Å². The third kappa shape index (κ3) is 4.40. The maximum atomic E-state index is 5.49. The molecule has 8 heteroatoms. The molecule has 3 heterocycles. The van der Waals surface area contributed by atoms with E-state index in [1.54, 1.807) is 42.6 Å². The minimum absolute atomic E-state index is 0.687. The van der Waals surface area contributed by atoms with Gasteiger partial charge in [-0.3, -0.25) is 9.55 Å². The fraction of sp³-hybridized carbons (Fsp3) is 0.120. The second kappa shape index (κ2) is 9.56. The zero-order valence-corrected chi connectivity index (χ0v) is 19.8. The first-order valence-corrected chi connectivity index (χ1v) is 12.2. The molecule has 0 aliphatic rings. The largest absolute Gasteiger partial charge is 0.496 e. The predicted octanol–water partition coefficient (Wildman–Crippen LogP) is 6.06. The number of pyridine rings is 1. The molecule has 0 aliphatic heterocycles. The Hall–Kier alpha value is -3.49. The Morgan fingerprint density at radius 1 is 0.970 bits per heavy atom. The molecule has 0 amide bonds. The highest BCUT2D eigenvalue weighted by Gasteiger charge is 2.18. The molecule has 0 radical (unpaired) electrons. The highest BCUT2D eigenvalue weighted by atomic mass is 32.2. The lowest BCUT2D eigenvalue weighted by atomic mass is 10.2. The summed E-state index contributed by atoms with van der Waals surface area (Å²) < 4.78 is 7.61. The van der Waals surface area contributed by atoms with E-state index < -0.39 is 0 Å². The molecule has 0 spiro atoms. The van der Waals surface area contributed by atoms with Crippen molar-refractivity contribution in [2.45, 2.75) is 17.8 Å². The number of para-hydroxylation sites is 2. The fourth-order valence-corrected chi connectivity index (χ4v) is 5.33. The maximum Gasteiger partial charge on any atom is 0.196 e. The molecule has 5 aromatic rings. The van der Waals surface area contributed by atoms with Gasteiger partial charge in [-0.25, -0.2) is 4.98 Å². The van der Waals surface area contributed by atoms with E-state index in [4.69, 9.17) is 9.72 Å². The van der Waals surface area contributed by atoms with E-state index in [0.29, 0.717) is 5.75 Å². The van der Waals surface area contributed by atoms with E-state index in [0.717, 1.165) is 49.8 Å². The lowest BCUT2D eigenvalue weighted by molar-refractivity contribution is 0.416. The van der Waals surface area contributed by atoms with Crippen molar-refractivity contribution < 1.29 is 4.74 Å². The summed E-state index contributed by atoms with van der Waals surface area (Å²) >= 11 is 3.24. The van der Waals surface area contributed by atoms with Crippen LogP contribution in [0, 0.1) is 6.92 Å². The topological polar surface area (TPSA) is 65.7 Å². The Morgan fingerprint density at radius 2 is 1.76 bits per heavy atom. The molecule has 3 aromatic heterocycles. The first kappa shape index (κ1) is 21.4. The third-order valence-electron chi connectivity index (χ3n) is 5.17. The summed E-state index contributed by atoms with van der Waals surface area (Å²) in [6.45, 7) is 2.10. The van der Waals surface area contributed by atoms with E-state index in [2.05, 4.69) is 44.2 Å². The van der Waals surface area contributed by atoms with Crippen LogP contribution in [0.2, 0.25) is 0 Å². The number of aryl methyl sites for hydroxylation is 1. The van der Waals surface area contributed by atoms with Gasteiger partial charge < -0.3 is 4.74 Å². The van der Waals surface area contributed by atoms with Gasteiger partial charge in [0.15, 0.2) is 11.0 Å². The van der Waals surface area contributed by atoms with Crippen LogP contribution in [0.3, 0.4) is 0 Å². The zero-order chi connectivity index (χ0) is 22.6. The van der Waals surface area contributed by atoms with Crippen molar-refractivity contribution in [3.05, 3.63) is 89.7 Å². The Kier molecular flexibility index (Phi) is 6.19. The molecule has 0 fully saturated rings. The molecule has 164 valence electrons. The van der Waals surface area contributed by atoms with E-state index in [9.17, 15) is 0 Å². The zero-order valence-electron chi connectivity index (χ0n) is 18.2. The molecule has 33 heavy (non-hydrogen) atoms. The van der Waals surface area contributed by atoms with Crippen molar-refractivity contribution in [2.75, 3.05) is 7.11 Å². The molecule has 0 saturated carbocycles. The Morgan fingerprint density at radius 3 is 2.58 bits per heavy atom. The van der Waals surface area contributed by atoms with Crippen molar-refractivity contribution in [1.29, 1.82) is 0 Å². The fourth-order valence-electron chi connectivity index (χ4n) is 3.54. The highest BCUT2D eigenvalue weighted by Crippen LogP contribution is 2.34. The van der Waals surface area contributed by atoms with E-state index in [1.807, 2.05) is 48.5 Å². The average molecular weight is 472 g/mol. The number of nitrogens with zero attached hydrogens (tertiary/aromatic N) is 5. The van der Waals surface area contributed by atoms with Gasteiger partial charge in [-0.2, -0.15) is 0 Å². The number of rotatable bonds is 7. The van der Waals surface area contributed by atoms with E-state index in [1.165, 1.54) is 0 Å². The first-order valence-electron chi connectivity index (χ1n) is 10.4. The van der Waals surface area contributed by atoms with Gasteiger partial charge in [0.25, 0.3) is 0 Å². The van der Waals surface area contributed by atoms with Crippen LogP contribution < -0.4 is 4.74 Å². The van der Waals surface area contributed by atoms with Crippen molar-refractivity contribution in [3.8, 4) is 33.4 Å². The molecule has 2 aromatic carbocycles. The standard InChI is InChI=1S/C25H21N5OS2/c1-17-7-3-5-9-21(17)30-23(18-11-13-26-14-12-18)28-29-25(30)33-16-19-15-32-24(27-19)20-8-4-6-10-22(20)31-2/h3-15H,16H2,1-2H3. The molecule has 0 atom stereocenters. The molecule has 6 nitrogen and oxygen atoms in total. The molecule has 0 unspecified atom stereocenters. The van der Waals surface area contributed by atoms with Gasteiger partial charge in [-0.15, -0.1) is 21.5 Å². The Balaban J connectivity index is 1.46. The number of benzene rings is 2. The highest BCUT2D eigenvalue weighted by molar-refractivity contribution is 7.98. The van der Waals surface area contributed by atoms with Crippen molar-refractivity contribution in [3.63, 3.8) is 0 Å². The second-order valence-corrected chi connectivity index (χ2v) is 9.10. The van der Waals surface area contributed by atoms with Gasteiger partial charge in [0, 0.05) is 29.1 Å². The minimum atomic E-state index is 0.687. The van der Waals surface area contributed by atoms with Gasteiger partial charge in [0.2, 0.25) is 0 Å². The minimum Gasteiger partial charge on any atom is -0.496 e. The molecule has 0 aliphatic carbocycles. The summed E-state index contributed by atoms with van der Waals surface area (Å²) in [6.07, 6.45) is 3.54. The van der Waals surface area contributed by atoms with Gasteiger partial charge in [0.05, 0.1) is 24.1 Å². The van der Waals surface area contributed by atoms with E-state index >= 15 is 0 Å². The van der Waals surface area contributed by atoms with Crippen molar-refractivity contribution in [2.24, 2.45) is 0 Å². The van der Waals surface area contributed by atoms with Gasteiger partial charge in [-0.05, 0) is 42.8 Å². The first-order chi connectivity index (χ1) is 16.2. The third-order valence-corrected chi connectivity index (χ3v) is 7.05. The van der Waals surface area contributed by atoms with Crippen molar-refractivity contribution in [1.82, 2.24) is 24.7 Å². The Labute approximate surface area is 200 Å². The van der Waals surface area contributed by atoms with Crippen LogP contribution in [0.4, 0.5) is 0 Å². The number of thioether (sulfide) groups is 1. The number of thiazole rings is 1. The van der Waals surface area contributed by atoms with Crippen LogP contribution in [0.1, 0.15) is 11.3 Å². The van der Waals surface area contributed by atoms with Crippen LogP contribution in [0.25, 0.3) is 27.6 Å². The second-order valence-electron chi connectivity index (χ2n) is 7.30. The van der Waals surface area contributed by atoms with Gasteiger partial charge in [-0.1, -0.05) is 42.1 Å². The monoisotopic (exact) mass is 471 g/mol. The average Bonchev–Trinajstić information content (AvgIpc) is 3.51. The lowest BCUT2D eigenvalue weighted by Crippen LogP contribution is -2.02. The van der Waals surface area contributed by atoms with Crippen LogP contribution in [-0.4, -0.2) is 31.8 Å². The number of hydrogen-bond donors (Lipinski definition) is 0. The summed E-state index contributed by atoms with van der Waals surface area (Å²) in [5.41, 5.74) is 5.19. The van der Waals surface area contributed by atoms with Crippen LogP contribution in [0.5, 0.6) is 5.75 Å². The molecule has 5 rings (SSSR count). The maximum absolute atomic E-state index is 5.49. The normalized spacial score (nSPS) is 11.0. The smallest absolute Gasteiger partial charge is 0.196 e. The number of ether oxygens (including phenoxy) is 1. The molecular formula is C25H21N5OS2. The molecule has 0 N–H and O–H groups in total. The van der Waals surface area contributed by atoms with Gasteiger partial charge in [0.1, 0.15) is 10.8 Å². The van der Waals surface area contributed by atoms with Crippen LogP contribution in [0.15, 0.2) is 83.6 Å². The number of hydrogen-bond acceptors (Lipinski definition) is 7. The predicted molar refractivity (Wildman–Crippen MR) is 133 cm³/mol. The molecule has 0 bridgehead atoms. The summed E-state index contributed by atoms with van der Waals surface area (Å²) in [7, 11) is 1.68. The Bertz CT molecular complexity index is 1380. The summed E-state index contributed by atoms with van der Waals surface area (Å²) in [5.74, 6) is 2.31. The van der Waals surface area contributed by atoms with Crippen molar-refractivity contribution >= 4 is 23.1 Å². The lowest BCUT2D eigenvalue weighted by Gasteiger charge is -2.12. The number of methoxy groups -OCH3 is 1. The summed E-state index contributed by atoms with van der Waals surface area (Å²) in [5, 5.41) is 12.9. The summed E-state index contributed by atoms with van der Waals surface area (Å²) in [4.78, 5) is 8.98. The molecular weight excluding hydrogens is 450 g/mol. The number of aromatic nitrogens is 5. The van der Waals surface area contributed by atoms with E-state index in [-0.39, 0.29) is 0 Å². The SMILES string of the molecule is COc1ccccc1-c1nc(CSc2nnc(-c3ccncc3)n2-c2ccccc2C)cs1. The molecule has 0 saturated heterocycles. The summed E-state index contributed by atoms with van der Waals surface area (Å²) in [6, 6.07) is 20.1. The van der Waals surface area contributed by atoms with Crippen LogP contribution in [-0.2, 0) is 5.75 Å². The van der Waals surface area contributed by atoms with Gasteiger partial charge >= 0.3 is 0 Å².